The van der Waals surface area contributed by atoms with Crippen molar-refractivity contribution in [1.82, 2.24) is 19.3 Å². The molecule has 0 aliphatic rings. The largest absolute Gasteiger partial charge is 0.322 e. The van der Waals surface area contributed by atoms with Crippen molar-refractivity contribution in [2.75, 3.05) is 5.32 Å². The number of nitrogens with zero attached hydrogens (tertiary/aromatic N) is 4. The van der Waals surface area contributed by atoms with Crippen LogP contribution in [0.15, 0.2) is 34.2 Å². The lowest BCUT2D eigenvalue weighted by molar-refractivity contribution is -0.115. The van der Waals surface area contributed by atoms with E-state index in [2.05, 4.69) is 29.2 Å². The van der Waals surface area contributed by atoms with Gasteiger partial charge in [-0.25, -0.2) is 4.98 Å². The summed E-state index contributed by atoms with van der Waals surface area (Å²) in [6.07, 6.45) is 0. The number of aromatic nitrogens is 4. The first-order chi connectivity index (χ1) is 13.7. The molecule has 0 radical (unpaired) electrons. The Bertz CT molecular complexity index is 1120. The minimum absolute atomic E-state index is 0.0710. The van der Waals surface area contributed by atoms with Gasteiger partial charge in [0.05, 0.1) is 33.2 Å². The van der Waals surface area contributed by atoms with E-state index >= 15 is 0 Å². The van der Waals surface area contributed by atoms with Gasteiger partial charge in [0, 0.05) is 13.6 Å². The Morgan fingerprint density at radius 1 is 1.21 bits per heavy atom. The first-order valence-electron chi connectivity index (χ1n) is 9.66. The molecule has 1 aromatic carbocycles. The molecule has 0 fully saturated rings. The van der Waals surface area contributed by atoms with Crippen LogP contribution < -0.4 is 10.9 Å². The maximum atomic E-state index is 13.0. The number of carbonyl (C=O) groups excluding carboxylic acids is 1. The summed E-state index contributed by atoms with van der Waals surface area (Å²) in [5, 5.41) is 8.03. The van der Waals surface area contributed by atoms with Crippen molar-refractivity contribution in [2.45, 2.75) is 51.6 Å². The number of benzene rings is 1. The van der Waals surface area contributed by atoms with Crippen LogP contribution in [0.4, 0.5) is 5.69 Å². The molecule has 0 saturated carbocycles. The number of nitrogens with one attached hydrogen (secondary N) is 1. The van der Waals surface area contributed by atoms with E-state index in [0.29, 0.717) is 22.6 Å². The maximum Gasteiger partial charge on any atom is 0.262 e. The van der Waals surface area contributed by atoms with Crippen molar-refractivity contribution >= 4 is 34.3 Å². The van der Waals surface area contributed by atoms with E-state index in [9.17, 15) is 9.59 Å². The fraction of sp³-hybridized carbons (Fsp3) is 0.429. The van der Waals surface area contributed by atoms with Crippen molar-refractivity contribution in [1.29, 1.82) is 0 Å². The zero-order valence-electron chi connectivity index (χ0n) is 17.7. The maximum absolute atomic E-state index is 13.0. The number of hydrogen-bond acceptors (Lipinski definition) is 5. The topological polar surface area (TPSA) is 81.8 Å². The van der Waals surface area contributed by atoms with Crippen LogP contribution in [0.3, 0.4) is 0 Å². The molecule has 3 rings (SSSR count). The zero-order valence-corrected chi connectivity index (χ0v) is 18.5. The molecule has 154 valence electrons. The predicted molar refractivity (Wildman–Crippen MR) is 117 cm³/mol. The first kappa shape index (κ1) is 21.1. The third-order valence-electron chi connectivity index (χ3n) is 4.78. The molecule has 1 N–H and O–H groups in total. The number of hydrogen-bond donors (Lipinski definition) is 1. The molecule has 3 aromatic rings. The monoisotopic (exact) mass is 413 g/mol. The van der Waals surface area contributed by atoms with Gasteiger partial charge in [0.2, 0.25) is 5.91 Å². The Hall–Kier alpha value is -2.61. The summed E-state index contributed by atoms with van der Waals surface area (Å²) in [4.78, 5) is 30.5. The van der Waals surface area contributed by atoms with E-state index in [1.54, 1.807) is 15.3 Å². The summed E-state index contributed by atoms with van der Waals surface area (Å²) in [5.74, 6) is 0.132. The van der Waals surface area contributed by atoms with E-state index in [-0.39, 0.29) is 17.4 Å². The number of aryl methyl sites for hydroxylation is 2. The van der Waals surface area contributed by atoms with E-state index < -0.39 is 5.25 Å². The molecule has 29 heavy (non-hydrogen) atoms. The molecule has 1 atom stereocenters. The zero-order chi connectivity index (χ0) is 21.3. The molecule has 2 heterocycles. The molecule has 2 aromatic heterocycles. The molecule has 0 bridgehead atoms. The van der Waals surface area contributed by atoms with Crippen LogP contribution in [-0.2, 0) is 18.4 Å². The highest BCUT2D eigenvalue weighted by Gasteiger charge is 2.22. The Morgan fingerprint density at radius 2 is 1.90 bits per heavy atom. The summed E-state index contributed by atoms with van der Waals surface area (Å²) in [5.41, 5.74) is 2.98. The minimum atomic E-state index is -0.430. The number of fused-ring (bicyclic) bond motifs is 1. The second-order valence-corrected chi connectivity index (χ2v) is 8.95. The summed E-state index contributed by atoms with van der Waals surface area (Å²) < 4.78 is 3.43. The lowest BCUT2D eigenvalue weighted by Crippen LogP contribution is -2.28. The van der Waals surface area contributed by atoms with Crippen molar-refractivity contribution in [3.8, 4) is 0 Å². The fourth-order valence-corrected chi connectivity index (χ4v) is 4.07. The van der Waals surface area contributed by atoms with Gasteiger partial charge in [-0.15, -0.1) is 0 Å². The van der Waals surface area contributed by atoms with Crippen molar-refractivity contribution in [2.24, 2.45) is 13.0 Å². The van der Waals surface area contributed by atoms with Crippen LogP contribution in [-0.4, -0.2) is 30.5 Å². The average molecular weight is 414 g/mol. The smallest absolute Gasteiger partial charge is 0.262 e. The minimum Gasteiger partial charge on any atom is -0.322 e. The van der Waals surface area contributed by atoms with E-state index in [4.69, 9.17) is 0 Å². The summed E-state index contributed by atoms with van der Waals surface area (Å²) in [6.45, 7) is 10.3. The van der Waals surface area contributed by atoms with Gasteiger partial charge >= 0.3 is 0 Å². The standard InChI is InChI=1S/C21H27N5O2S/c1-12(2)11-26-20(28)16-9-7-8-10-17(16)22-21(26)29-15(5)19(27)23-18-13(3)24-25(6)14(18)4/h7-10,12,15H,11H2,1-6H3,(H,23,27)/t15-/m0/s1. The van der Waals surface area contributed by atoms with Crippen LogP contribution in [0, 0.1) is 19.8 Å². The van der Waals surface area contributed by atoms with Gasteiger partial charge < -0.3 is 5.32 Å². The van der Waals surface area contributed by atoms with Crippen LogP contribution in [0.2, 0.25) is 0 Å². The second kappa shape index (κ2) is 8.41. The highest BCUT2D eigenvalue weighted by atomic mass is 32.2. The van der Waals surface area contributed by atoms with Gasteiger partial charge in [0.25, 0.3) is 5.56 Å². The van der Waals surface area contributed by atoms with E-state index in [0.717, 1.165) is 17.1 Å². The number of carbonyl (C=O) groups is 1. The molecule has 8 heteroatoms. The first-order valence-corrected chi connectivity index (χ1v) is 10.5. The second-order valence-electron chi connectivity index (χ2n) is 7.64. The number of rotatable bonds is 6. The SMILES string of the molecule is Cc1nn(C)c(C)c1NC(=O)[C@H](C)Sc1nc2ccccc2c(=O)n1CC(C)C. The summed E-state index contributed by atoms with van der Waals surface area (Å²) in [7, 11) is 1.85. The van der Waals surface area contributed by atoms with Crippen molar-refractivity contribution in [3.05, 3.63) is 46.0 Å². The number of para-hydroxylation sites is 1. The third kappa shape index (κ3) is 4.37. The number of anilines is 1. The van der Waals surface area contributed by atoms with Crippen LogP contribution in [0.1, 0.15) is 32.2 Å². The Balaban J connectivity index is 1.91. The van der Waals surface area contributed by atoms with Crippen molar-refractivity contribution < 1.29 is 4.79 Å². The molecule has 0 aliphatic heterocycles. The molecular formula is C21H27N5O2S. The molecule has 0 unspecified atom stereocenters. The molecule has 0 spiro atoms. The highest BCUT2D eigenvalue weighted by Crippen LogP contribution is 2.25. The van der Waals surface area contributed by atoms with Crippen LogP contribution >= 0.6 is 11.8 Å². The summed E-state index contributed by atoms with van der Waals surface area (Å²) in [6, 6.07) is 7.32. The molecule has 1 amide bonds. The molecule has 7 nitrogen and oxygen atoms in total. The quantitative estimate of drug-likeness (QED) is 0.494. The van der Waals surface area contributed by atoms with Gasteiger partial charge in [0.1, 0.15) is 0 Å². The Labute approximate surface area is 174 Å². The average Bonchev–Trinajstić information content (AvgIpc) is 2.90. The normalized spacial score (nSPS) is 12.5. The Morgan fingerprint density at radius 3 is 2.52 bits per heavy atom. The third-order valence-corrected chi connectivity index (χ3v) is 5.87. The molecule has 0 saturated heterocycles. The van der Waals surface area contributed by atoms with Gasteiger partial charge in [-0.1, -0.05) is 37.7 Å². The summed E-state index contributed by atoms with van der Waals surface area (Å²) >= 11 is 1.30. The fourth-order valence-electron chi connectivity index (χ4n) is 3.15. The van der Waals surface area contributed by atoms with Crippen LogP contribution in [0.25, 0.3) is 10.9 Å². The molecular weight excluding hydrogens is 386 g/mol. The van der Waals surface area contributed by atoms with Crippen LogP contribution in [0.5, 0.6) is 0 Å². The highest BCUT2D eigenvalue weighted by molar-refractivity contribution is 8.00. The number of thioether (sulfide) groups is 1. The van der Waals surface area contributed by atoms with E-state index in [1.807, 2.05) is 46.0 Å². The molecule has 0 aliphatic carbocycles. The number of amides is 1. The van der Waals surface area contributed by atoms with Gasteiger partial charge in [-0.05, 0) is 38.8 Å². The van der Waals surface area contributed by atoms with E-state index in [1.165, 1.54) is 11.8 Å². The Kier molecular flexibility index (Phi) is 6.12. The van der Waals surface area contributed by atoms with Gasteiger partial charge in [0.15, 0.2) is 5.16 Å². The van der Waals surface area contributed by atoms with Crippen molar-refractivity contribution in [3.63, 3.8) is 0 Å². The lowest BCUT2D eigenvalue weighted by Gasteiger charge is -2.17. The lowest BCUT2D eigenvalue weighted by atomic mass is 10.2. The van der Waals surface area contributed by atoms with Gasteiger partial charge in [-0.3, -0.25) is 18.8 Å². The predicted octanol–water partition coefficient (Wildman–Crippen LogP) is 3.52. The van der Waals surface area contributed by atoms with Gasteiger partial charge in [-0.2, -0.15) is 5.10 Å².